The van der Waals surface area contributed by atoms with Gasteiger partial charge in [-0.2, -0.15) is 0 Å². The maximum absolute atomic E-state index is 11.6. The summed E-state index contributed by atoms with van der Waals surface area (Å²) in [6.45, 7) is 6.82. The minimum absolute atomic E-state index is 0.203. The maximum Gasteiger partial charge on any atom is 0.234 e. The van der Waals surface area contributed by atoms with E-state index in [-0.39, 0.29) is 5.91 Å². The van der Waals surface area contributed by atoms with Gasteiger partial charge in [-0.3, -0.25) is 9.69 Å². The predicted octanol–water partition coefficient (Wildman–Crippen LogP) is -0.194. The van der Waals surface area contributed by atoms with Crippen LogP contribution in [0.5, 0.6) is 0 Å². The van der Waals surface area contributed by atoms with Crippen molar-refractivity contribution in [2.45, 2.75) is 25.8 Å². The molecular weight excluding hydrogens is 190 g/mol. The van der Waals surface area contributed by atoms with Crippen molar-refractivity contribution in [3.8, 4) is 0 Å². The van der Waals surface area contributed by atoms with Gasteiger partial charge in [-0.05, 0) is 18.8 Å². The molecule has 4 heteroatoms. The lowest BCUT2D eigenvalue weighted by Gasteiger charge is -2.34. The smallest absolute Gasteiger partial charge is 0.234 e. The minimum atomic E-state index is 0.203. The highest BCUT2D eigenvalue weighted by Crippen LogP contribution is 2.25. The molecule has 1 saturated carbocycles. The van der Waals surface area contributed by atoms with E-state index in [1.165, 1.54) is 0 Å². The van der Waals surface area contributed by atoms with Gasteiger partial charge in [0.25, 0.3) is 0 Å². The summed E-state index contributed by atoms with van der Waals surface area (Å²) in [4.78, 5) is 13.9. The second-order valence-corrected chi connectivity index (χ2v) is 4.87. The monoisotopic (exact) mass is 211 g/mol. The Morgan fingerprint density at radius 3 is 2.67 bits per heavy atom. The minimum Gasteiger partial charge on any atom is -0.352 e. The number of rotatable bonds is 3. The average Bonchev–Trinajstić information content (AvgIpc) is 2.17. The van der Waals surface area contributed by atoms with Gasteiger partial charge in [0.15, 0.2) is 0 Å². The standard InChI is InChI=1S/C11H21N3O/c1-9-6-10(7-9)13-11(15)8-14-4-2-12-3-5-14/h9-10,12H,2-8H2,1H3,(H,13,15). The van der Waals surface area contributed by atoms with Gasteiger partial charge in [0, 0.05) is 32.2 Å². The molecule has 0 aromatic carbocycles. The molecule has 2 rings (SSSR count). The number of nitrogens with zero attached hydrogens (tertiary/aromatic N) is 1. The Kier molecular flexibility index (Phi) is 3.59. The van der Waals surface area contributed by atoms with E-state index in [1.807, 2.05) is 0 Å². The number of piperazine rings is 1. The summed E-state index contributed by atoms with van der Waals surface area (Å²) in [5, 5.41) is 6.38. The Balaban J connectivity index is 1.63. The summed E-state index contributed by atoms with van der Waals surface area (Å²) >= 11 is 0. The first kappa shape index (κ1) is 10.9. The normalized spacial score (nSPS) is 32.1. The molecule has 0 aromatic rings. The van der Waals surface area contributed by atoms with Crippen molar-refractivity contribution in [2.24, 2.45) is 5.92 Å². The van der Waals surface area contributed by atoms with Crippen LogP contribution in [0.4, 0.5) is 0 Å². The fourth-order valence-electron chi connectivity index (χ4n) is 2.37. The van der Waals surface area contributed by atoms with Gasteiger partial charge in [-0.15, -0.1) is 0 Å². The summed E-state index contributed by atoms with van der Waals surface area (Å²) < 4.78 is 0. The van der Waals surface area contributed by atoms with E-state index < -0.39 is 0 Å². The summed E-state index contributed by atoms with van der Waals surface area (Å²) in [7, 11) is 0. The molecular formula is C11H21N3O. The highest BCUT2D eigenvalue weighted by atomic mass is 16.2. The first-order valence-electron chi connectivity index (χ1n) is 5.96. The van der Waals surface area contributed by atoms with Crippen LogP contribution < -0.4 is 10.6 Å². The number of nitrogens with one attached hydrogen (secondary N) is 2. The predicted molar refractivity (Wildman–Crippen MR) is 59.6 cm³/mol. The third-order valence-corrected chi connectivity index (χ3v) is 3.32. The highest BCUT2D eigenvalue weighted by Gasteiger charge is 2.26. The van der Waals surface area contributed by atoms with E-state index in [1.54, 1.807) is 0 Å². The van der Waals surface area contributed by atoms with Crippen molar-refractivity contribution in [1.82, 2.24) is 15.5 Å². The molecule has 15 heavy (non-hydrogen) atoms. The van der Waals surface area contributed by atoms with Gasteiger partial charge in [0.05, 0.1) is 6.54 Å². The molecule has 86 valence electrons. The van der Waals surface area contributed by atoms with Crippen LogP contribution >= 0.6 is 0 Å². The van der Waals surface area contributed by atoms with Crippen molar-refractivity contribution >= 4 is 5.91 Å². The van der Waals surface area contributed by atoms with E-state index in [0.717, 1.165) is 44.9 Å². The first-order valence-corrected chi connectivity index (χ1v) is 5.96. The average molecular weight is 211 g/mol. The number of amides is 1. The van der Waals surface area contributed by atoms with E-state index in [9.17, 15) is 4.79 Å². The van der Waals surface area contributed by atoms with E-state index in [0.29, 0.717) is 12.6 Å². The van der Waals surface area contributed by atoms with Crippen LogP contribution in [0.15, 0.2) is 0 Å². The Hall–Kier alpha value is -0.610. The van der Waals surface area contributed by atoms with E-state index in [4.69, 9.17) is 0 Å². The second kappa shape index (κ2) is 4.94. The third kappa shape index (κ3) is 3.18. The van der Waals surface area contributed by atoms with Gasteiger partial charge in [-0.25, -0.2) is 0 Å². The Morgan fingerprint density at radius 2 is 2.07 bits per heavy atom. The number of hydrogen-bond acceptors (Lipinski definition) is 3. The summed E-state index contributed by atoms with van der Waals surface area (Å²) in [5.74, 6) is 1.00. The molecule has 2 aliphatic rings. The van der Waals surface area contributed by atoms with Gasteiger partial charge < -0.3 is 10.6 Å². The van der Waals surface area contributed by atoms with Gasteiger partial charge in [-0.1, -0.05) is 6.92 Å². The Labute approximate surface area is 91.4 Å². The van der Waals surface area contributed by atoms with Crippen molar-refractivity contribution in [2.75, 3.05) is 32.7 Å². The molecule has 2 fully saturated rings. The lowest BCUT2D eigenvalue weighted by atomic mass is 9.82. The lowest BCUT2D eigenvalue weighted by molar-refractivity contribution is -0.123. The molecule has 0 bridgehead atoms. The van der Waals surface area contributed by atoms with Gasteiger partial charge >= 0.3 is 0 Å². The summed E-state index contributed by atoms with van der Waals surface area (Å²) in [6.07, 6.45) is 2.32. The zero-order valence-electron chi connectivity index (χ0n) is 9.46. The fourth-order valence-corrected chi connectivity index (χ4v) is 2.37. The molecule has 1 heterocycles. The Bertz CT molecular complexity index is 220. The number of hydrogen-bond donors (Lipinski definition) is 2. The van der Waals surface area contributed by atoms with Crippen molar-refractivity contribution in [1.29, 1.82) is 0 Å². The van der Waals surface area contributed by atoms with Crippen LogP contribution in [0.1, 0.15) is 19.8 Å². The first-order chi connectivity index (χ1) is 7.24. The molecule has 1 aliphatic carbocycles. The van der Waals surface area contributed by atoms with E-state index in [2.05, 4.69) is 22.5 Å². The van der Waals surface area contributed by atoms with Crippen molar-refractivity contribution < 1.29 is 4.79 Å². The molecule has 0 aromatic heterocycles. The molecule has 4 nitrogen and oxygen atoms in total. The van der Waals surface area contributed by atoms with Gasteiger partial charge in [0.1, 0.15) is 0 Å². The van der Waals surface area contributed by atoms with Crippen LogP contribution in [0, 0.1) is 5.92 Å². The molecule has 0 atom stereocenters. The number of carbonyl (C=O) groups is 1. The van der Waals surface area contributed by atoms with Crippen LogP contribution in [0.2, 0.25) is 0 Å². The van der Waals surface area contributed by atoms with Gasteiger partial charge in [0.2, 0.25) is 5.91 Å². The largest absolute Gasteiger partial charge is 0.352 e. The highest BCUT2D eigenvalue weighted by molar-refractivity contribution is 5.78. The topological polar surface area (TPSA) is 44.4 Å². The quantitative estimate of drug-likeness (QED) is 0.680. The molecule has 2 N–H and O–H groups in total. The van der Waals surface area contributed by atoms with Crippen LogP contribution in [0.25, 0.3) is 0 Å². The van der Waals surface area contributed by atoms with Crippen LogP contribution in [-0.4, -0.2) is 49.6 Å². The van der Waals surface area contributed by atoms with E-state index >= 15 is 0 Å². The zero-order valence-corrected chi connectivity index (χ0v) is 9.46. The molecule has 1 saturated heterocycles. The third-order valence-electron chi connectivity index (χ3n) is 3.32. The Morgan fingerprint density at radius 1 is 1.40 bits per heavy atom. The number of carbonyl (C=O) groups excluding carboxylic acids is 1. The maximum atomic E-state index is 11.6. The molecule has 1 aliphatic heterocycles. The van der Waals surface area contributed by atoms with Crippen LogP contribution in [-0.2, 0) is 4.79 Å². The summed E-state index contributed by atoms with van der Waals surface area (Å²) in [5.41, 5.74) is 0. The fraction of sp³-hybridized carbons (Fsp3) is 0.909. The van der Waals surface area contributed by atoms with Crippen LogP contribution in [0.3, 0.4) is 0 Å². The second-order valence-electron chi connectivity index (χ2n) is 4.87. The molecule has 1 amide bonds. The zero-order chi connectivity index (χ0) is 10.7. The van der Waals surface area contributed by atoms with Crippen molar-refractivity contribution in [3.05, 3.63) is 0 Å². The lowest BCUT2D eigenvalue weighted by Crippen LogP contribution is -2.51. The summed E-state index contributed by atoms with van der Waals surface area (Å²) in [6, 6.07) is 0.454. The SMILES string of the molecule is CC1CC(NC(=O)CN2CCNCC2)C1. The molecule has 0 unspecified atom stereocenters. The molecule has 0 radical (unpaired) electrons. The molecule has 0 spiro atoms. The van der Waals surface area contributed by atoms with Crippen molar-refractivity contribution in [3.63, 3.8) is 0 Å².